The number of hydrogen-bond donors (Lipinski definition) is 10. The first-order valence-electron chi connectivity index (χ1n) is 20.1. The summed E-state index contributed by atoms with van der Waals surface area (Å²) >= 11 is 12.2. The van der Waals surface area contributed by atoms with Gasteiger partial charge in [0.2, 0.25) is 34.4 Å². The molecular weight excluding hydrogens is 1170 g/mol. The van der Waals surface area contributed by atoms with Gasteiger partial charge in [-0.3, -0.25) is 27.3 Å². The zero-order chi connectivity index (χ0) is 55.5. The van der Waals surface area contributed by atoms with Crippen molar-refractivity contribution in [3.63, 3.8) is 0 Å². The smallest absolute Gasteiger partial charge is 0.297 e. The fraction of sp³-hybridized carbons (Fsp3) is 0. The van der Waals surface area contributed by atoms with Crippen LogP contribution in [0.25, 0.3) is 33.7 Å². The van der Waals surface area contributed by atoms with E-state index in [4.69, 9.17) is 23.2 Å². The molecule has 0 unspecified atom stereocenters. The third kappa shape index (κ3) is 12.2. The first-order chi connectivity index (χ1) is 35.2. The zero-order valence-corrected chi connectivity index (χ0v) is 43.3. The Bertz CT molecular complexity index is 4240. The molecule has 8 aromatic rings. The molecule has 0 aliphatic carbocycles. The molecule has 28 nitrogen and oxygen atoms in total. The summed E-state index contributed by atoms with van der Waals surface area (Å²) in [5, 5.41) is 8.02. The van der Waals surface area contributed by atoms with E-state index in [9.17, 15) is 77.8 Å². The summed E-state index contributed by atoms with van der Waals surface area (Å²) < 4.78 is 209. The second kappa shape index (κ2) is 20.1. The molecule has 0 saturated carbocycles. The van der Waals surface area contributed by atoms with Crippen LogP contribution in [0.15, 0.2) is 126 Å². The van der Waals surface area contributed by atoms with Crippen LogP contribution in [0.5, 0.6) is 0 Å². The summed E-state index contributed by atoms with van der Waals surface area (Å²) in [5.74, 6) is -1.77. The Morgan fingerprint density at radius 1 is 0.355 bits per heavy atom. The van der Waals surface area contributed by atoms with Crippen molar-refractivity contribution in [3.8, 4) is 0 Å². The second-order valence-electron chi connectivity index (χ2n) is 15.3. The predicted molar refractivity (Wildman–Crippen MR) is 271 cm³/mol. The van der Waals surface area contributed by atoms with Crippen LogP contribution < -0.4 is 21.3 Å². The summed E-state index contributed by atoms with van der Waals surface area (Å²) in [7, 11) is -30.2. The number of nitrogens with zero attached hydrogens (tertiary/aromatic N) is 6. The number of nitrogens with one attached hydrogen (secondary N) is 4. The summed E-state index contributed by atoms with van der Waals surface area (Å²) in [6.45, 7) is 0. The van der Waals surface area contributed by atoms with E-state index in [0.717, 1.165) is 97.1 Å². The van der Waals surface area contributed by atoms with Crippen LogP contribution in [-0.4, -0.2) is 108 Å². The number of benzene rings is 6. The Balaban J connectivity index is 1.06. The topological polar surface area (TPSA) is 452 Å². The predicted octanol–water partition coefficient (Wildman–Crippen LogP) is 6.29. The van der Waals surface area contributed by atoms with Gasteiger partial charge >= 0.3 is 0 Å². The molecule has 2 heterocycles. The van der Waals surface area contributed by atoms with Crippen LogP contribution in [0.1, 0.15) is 11.1 Å². The summed E-state index contributed by atoms with van der Waals surface area (Å²) in [6.07, 6.45) is 2.12. The average molecular weight is 1200 g/mol. The van der Waals surface area contributed by atoms with Crippen LogP contribution in [0.3, 0.4) is 0 Å². The maximum Gasteiger partial charge on any atom is 0.297 e. The standard InChI is InChI=1S/C40H28Cl2N10O18S6/c41-35-47-37(51-39(49-35)45-27-15-13-23-25(33(27)75(65,66)67)3-1-5-29(23)71(53,54)55)43-21-11-9-19(31(17-21)73(59,60)61)7-8-20-10-12-22(18-32(20)74(62,63)64)44-38-48-36(42)50-40(52-38)46-28-16-14-24-26(34(28)76(68,69)70)4-2-6-30(24)72(56,57)58/h1-18H,(H,53,54,55)(H,56,57,58)(H,59,60,61)(H,62,63,64)(H,65,66,67)(H,68,69,70)(H2,43,45,47,49,51)(H2,44,46,48,50,52). The lowest BCUT2D eigenvalue weighted by molar-refractivity contribution is 0.480. The minimum Gasteiger partial charge on any atom is -0.324 e. The van der Waals surface area contributed by atoms with E-state index >= 15 is 0 Å². The van der Waals surface area contributed by atoms with E-state index in [-0.39, 0.29) is 44.0 Å². The van der Waals surface area contributed by atoms with Gasteiger partial charge < -0.3 is 21.3 Å². The molecule has 0 bridgehead atoms. The minimum atomic E-state index is -5.14. The number of anilines is 8. The first-order valence-corrected chi connectivity index (χ1v) is 29.5. The molecule has 0 aliphatic heterocycles. The number of aromatic nitrogens is 6. The molecule has 6 aromatic carbocycles. The number of rotatable bonds is 16. The van der Waals surface area contributed by atoms with Gasteiger partial charge in [0, 0.05) is 32.9 Å². The van der Waals surface area contributed by atoms with Gasteiger partial charge in [0.15, 0.2) is 0 Å². The highest BCUT2D eigenvalue weighted by molar-refractivity contribution is 7.87. The summed E-state index contributed by atoms with van der Waals surface area (Å²) in [4.78, 5) is 19.1. The van der Waals surface area contributed by atoms with Gasteiger partial charge in [0.1, 0.15) is 29.4 Å². The van der Waals surface area contributed by atoms with Gasteiger partial charge in [0.05, 0.1) is 11.4 Å². The first kappa shape index (κ1) is 55.1. The van der Waals surface area contributed by atoms with Crippen LogP contribution >= 0.6 is 23.2 Å². The fourth-order valence-corrected chi connectivity index (χ4v) is 12.2. The Hall–Kier alpha value is -7.16. The second-order valence-corrected chi connectivity index (χ2v) is 24.2. The Morgan fingerprint density at radius 2 is 0.684 bits per heavy atom. The van der Waals surface area contributed by atoms with Gasteiger partial charge in [-0.05, 0) is 82.9 Å². The molecule has 0 aliphatic rings. The molecule has 0 atom stereocenters. The van der Waals surface area contributed by atoms with Crippen molar-refractivity contribution < 1.29 is 77.8 Å². The lowest BCUT2D eigenvalue weighted by Crippen LogP contribution is -2.09. The van der Waals surface area contributed by atoms with Crippen molar-refractivity contribution in [2.45, 2.75) is 29.4 Å². The van der Waals surface area contributed by atoms with Crippen molar-refractivity contribution in [3.05, 3.63) is 119 Å². The molecule has 0 fully saturated rings. The molecule has 8 rings (SSSR count). The SMILES string of the molecule is O=S(=O)(O)c1cc(Nc2nc(Cl)nc(Nc3ccc4c(S(=O)(=O)O)cccc4c3S(=O)(=O)O)n2)ccc1C=Cc1ccc(Nc2nc(Cl)nc(Nc3ccc4c(S(=O)(=O)O)cccc4c3S(=O)(=O)O)n2)cc1S(=O)(=O)O. The minimum absolute atomic E-state index is 0.128. The highest BCUT2D eigenvalue weighted by Gasteiger charge is 2.27. The van der Waals surface area contributed by atoms with Gasteiger partial charge in [-0.25, -0.2) is 0 Å². The van der Waals surface area contributed by atoms with Gasteiger partial charge in [-0.1, -0.05) is 60.7 Å². The van der Waals surface area contributed by atoms with E-state index in [1.165, 1.54) is 12.1 Å². The molecule has 10 N–H and O–H groups in total. The van der Waals surface area contributed by atoms with Crippen molar-refractivity contribution in [1.29, 1.82) is 0 Å². The molecule has 0 spiro atoms. The molecular formula is C40H28Cl2N10O18S6. The average Bonchev–Trinajstić information content (AvgIpc) is 3.29. The van der Waals surface area contributed by atoms with Gasteiger partial charge in [-0.2, -0.15) is 80.4 Å². The lowest BCUT2D eigenvalue weighted by atomic mass is 10.1. The van der Waals surface area contributed by atoms with E-state index in [1.54, 1.807) is 0 Å². The maximum absolute atomic E-state index is 12.7. The Labute approximate surface area is 438 Å². The number of hydrogen-bond acceptors (Lipinski definition) is 22. The highest BCUT2D eigenvalue weighted by atomic mass is 35.5. The van der Waals surface area contributed by atoms with E-state index in [2.05, 4.69) is 51.2 Å². The zero-order valence-electron chi connectivity index (χ0n) is 36.9. The Morgan fingerprint density at radius 3 is 1.00 bits per heavy atom. The number of halogens is 2. The quantitative estimate of drug-likeness (QED) is 0.0375. The Kier molecular flexibility index (Phi) is 14.6. The monoisotopic (exact) mass is 1200 g/mol. The van der Waals surface area contributed by atoms with Gasteiger partial charge in [0.25, 0.3) is 60.7 Å². The van der Waals surface area contributed by atoms with Crippen molar-refractivity contribution in [2.24, 2.45) is 0 Å². The molecule has 396 valence electrons. The van der Waals surface area contributed by atoms with Crippen molar-refractivity contribution >= 4 is 164 Å². The summed E-state index contributed by atoms with van der Waals surface area (Å²) in [6, 6.07) is 17.4. The van der Waals surface area contributed by atoms with Gasteiger partial charge in [-0.15, -0.1) is 0 Å². The molecule has 2 aromatic heterocycles. The van der Waals surface area contributed by atoms with Crippen LogP contribution in [-0.2, 0) is 60.7 Å². The molecule has 36 heteroatoms. The fourth-order valence-electron chi connectivity index (χ4n) is 7.35. The van der Waals surface area contributed by atoms with Crippen LogP contribution in [0, 0.1) is 0 Å². The van der Waals surface area contributed by atoms with E-state index < -0.39 is 136 Å². The molecule has 0 saturated heterocycles. The normalized spacial score (nSPS) is 12.8. The van der Waals surface area contributed by atoms with E-state index in [1.807, 2.05) is 0 Å². The van der Waals surface area contributed by atoms with E-state index in [0.29, 0.717) is 0 Å². The van der Waals surface area contributed by atoms with Crippen LogP contribution in [0.4, 0.5) is 46.5 Å². The molecule has 0 amide bonds. The molecule has 76 heavy (non-hydrogen) atoms. The highest BCUT2D eigenvalue weighted by Crippen LogP contribution is 2.37. The lowest BCUT2D eigenvalue weighted by Gasteiger charge is -2.14. The molecule has 0 radical (unpaired) electrons. The number of fused-ring (bicyclic) bond motifs is 2. The largest absolute Gasteiger partial charge is 0.324 e. The van der Waals surface area contributed by atoms with Crippen LogP contribution in [0.2, 0.25) is 10.6 Å². The maximum atomic E-state index is 12.7. The van der Waals surface area contributed by atoms with Crippen molar-refractivity contribution in [1.82, 2.24) is 29.9 Å². The summed E-state index contributed by atoms with van der Waals surface area (Å²) in [5.41, 5.74) is -1.55. The third-order valence-corrected chi connectivity index (χ3v) is 16.2. The third-order valence-electron chi connectivity index (χ3n) is 10.3. The van der Waals surface area contributed by atoms with Crippen molar-refractivity contribution in [2.75, 3.05) is 21.3 Å².